The first-order chi connectivity index (χ1) is 20.1. The Morgan fingerprint density at radius 2 is 1.73 bits per heavy atom. The molecule has 0 bridgehead atoms. The number of furan rings is 1. The van der Waals surface area contributed by atoms with E-state index in [4.69, 9.17) is 18.9 Å². The van der Waals surface area contributed by atoms with Gasteiger partial charge in [-0.1, -0.05) is 48.5 Å². The van der Waals surface area contributed by atoms with Gasteiger partial charge in [-0.3, -0.25) is 9.59 Å². The van der Waals surface area contributed by atoms with Crippen molar-refractivity contribution in [1.29, 1.82) is 0 Å². The maximum Gasteiger partial charge on any atom is 0.282 e. The first-order valence-electron chi connectivity index (χ1n) is 12.8. The van der Waals surface area contributed by atoms with Gasteiger partial charge in [0.1, 0.15) is 5.58 Å². The van der Waals surface area contributed by atoms with Crippen molar-refractivity contribution in [3.8, 4) is 23.1 Å². The molecule has 0 saturated heterocycles. The minimum atomic E-state index is -0.335. The lowest BCUT2D eigenvalue weighted by Gasteiger charge is -2.11. The second-order valence-electron chi connectivity index (χ2n) is 9.08. The fraction of sp³-hybridized carbons (Fsp3) is 0.0625. The number of nitrogens with one attached hydrogen (secondary N) is 1. The Morgan fingerprint density at radius 3 is 2.56 bits per heavy atom. The molecule has 41 heavy (non-hydrogen) atoms. The van der Waals surface area contributed by atoms with Gasteiger partial charge in [-0.15, -0.1) is 0 Å². The third kappa shape index (κ3) is 5.41. The molecular formula is C32H24N4O5. The molecule has 4 aromatic carbocycles. The maximum absolute atomic E-state index is 13.5. The minimum absolute atomic E-state index is 0.197. The molecule has 0 atom stereocenters. The molecule has 6 aromatic rings. The number of benzene rings is 4. The molecule has 0 fully saturated rings. The lowest BCUT2D eigenvalue weighted by Crippen LogP contribution is -2.20. The lowest BCUT2D eigenvalue weighted by molar-refractivity contribution is -0.118. The number of carbonyl (C=O) groups is 1. The molecule has 0 unspecified atom stereocenters. The molecule has 1 N–H and O–H groups in total. The van der Waals surface area contributed by atoms with E-state index in [1.165, 1.54) is 18.0 Å². The van der Waals surface area contributed by atoms with Crippen molar-refractivity contribution < 1.29 is 18.7 Å². The Kier molecular flexibility index (Phi) is 6.98. The summed E-state index contributed by atoms with van der Waals surface area (Å²) >= 11 is 0. The zero-order valence-electron chi connectivity index (χ0n) is 22.0. The summed E-state index contributed by atoms with van der Waals surface area (Å²) in [5.41, 5.74) is 2.20. The lowest BCUT2D eigenvalue weighted by atomic mass is 10.2. The smallest absolute Gasteiger partial charge is 0.282 e. The molecule has 0 saturated carbocycles. The molecule has 0 aliphatic carbocycles. The highest BCUT2D eigenvalue weighted by atomic mass is 16.5. The van der Waals surface area contributed by atoms with Crippen LogP contribution >= 0.6 is 0 Å². The number of amides is 1. The monoisotopic (exact) mass is 544 g/mol. The van der Waals surface area contributed by atoms with Crippen molar-refractivity contribution in [1.82, 2.24) is 9.66 Å². The number of para-hydroxylation sites is 3. The van der Waals surface area contributed by atoms with Crippen LogP contribution in [0.3, 0.4) is 0 Å². The molecule has 6 rings (SSSR count). The van der Waals surface area contributed by atoms with Crippen molar-refractivity contribution in [3.63, 3.8) is 0 Å². The highest BCUT2D eigenvalue weighted by Gasteiger charge is 2.16. The maximum atomic E-state index is 13.5. The zero-order valence-corrected chi connectivity index (χ0v) is 22.0. The molecular weight excluding hydrogens is 520 g/mol. The molecule has 202 valence electrons. The highest BCUT2D eigenvalue weighted by Crippen LogP contribution is 2.29. The van der Waals surface area contributed by atoms with Gasteiger partial charge in [-0.05, 0) is 60.2 Å². The van der Waals surface area contributed by atoms with Gasteiger partial charge in [-0.2, -0.15) is 9.78 Å². The van der Waals surface area contributed by atoms with E-state index in [0.717, 1.165) is 5.39 Å². The van der Waals surface area contributed by atoms with Gasteiger partial charge in [0.05, 0.1) is 24.2 Å². The fourth-order valence-electron chi connectivity index (χ4n) is 4.35. The number of aromatic nitrogens is 2. The number of nitrogens with zero attached hydrogens (tertiary/aromatic N) is 3. The Labute approximate surface area is 234 Å². The largest absolute Gasteiger partial charge is 0.493 e. The number of hydrogen-bond acceptors (Lipinski definition) is 7. The summed E-state index contributed by atoms with van der Waals surface area (Å²) in [6, 6.07) is 30.8. The second-order valence-corrected chi connectivity index (χ2v) is 9.08. The number of fused-ring (bicyclic) bond motifs is 2. The number of carbonyl (C=O) groups excluding carboxylic acids is 1. The van der Waals surface area contributed by atoms with Gasteiger partial charge in [0, 0.05) is 11.1 Å². The molecule has 0 radical (unpaired) electrons. The highest BCUT2D eigenvalue weighted by molar-refractivity contribution is 5.92. The van der Waals surface area contributed by atoms with Crippen LogP contribution in [0.4, 0.5) is 5.69 Å². The van der Waals surface area contributed by atoms with Gasteiger partial charge in [0.25, 0.3) is 11.5 Å². The van der Waals surface area contributed by atoms with Crippen LogP contribution in [0.1, 0.15) is 5.56 Å². The van der Waals surface area contributed by atoms with E-state index >= 15 is 0 Å². The molecule has 0 spiro atoms. The van der Waals surface area contributed by atoms with Gasteiger partial charge in [0.15, 0.2) is 23.9 Å². The Morgan fingerprint density at radius 1 is 0.951 bits per heavy atom. The van der Waals surface area contributed by atoms with Crippen LogP contribution in [0.15, 0.2) is 117 Å². The first kappa shape index (κ1) is 25.6. The molecule has 9 nitrogen and oxygen atoms in total. The topological polar surface area (TPSA) is 108 Å². The van der Waals surface area contributed by atoms with Gasteiger partial charge >= 0.3 is 0 Å². The van der Waals surface area contributed by atoms with E-state index < -0.39 is 0 Å². The summed E-state index contributed by atoms with van der Waals surface area (Å²) in [4.78, 5) is 30.5. The zero-order chi connectivity index (χ0) is 28.2. The van der Waals surface area contributed by atoms with Crippen LogP contribution in [0, 0.1) is 0 Å². The second kappa shape index (κ2) is 11.2. The van der Waals surface area contributed by atoms with E-state index in [9.17, 15) is 9.59 Å². The summed E-state index contributed by atoms with van der Waals surface area (Å²) < 4.78 is 18.4. The van der Waals surface area contributed by atoms with Crippen LogP contribution in [0.25, 0.3) is 33.5 Å². The average molecular weight is 545 g/mol. The van der Waals surface area contributed by atoms with E-state index in [2.05, 4.69) is 10.4 Å². The van der Waals surface area contributed by atoms with Gasteiger partial charge in [0.2, 0.25) is 5.82 Å². The quantitative estimate of drug-likeness (QED) is 0.246. The van der Waals surface area contributed by atoms with Crippen molar-refractivity contribution in [2.45, 2.75) is 0 Å². The van der Waals surface area contributed by atoms with Crippen molar-refractivity contribution >= 4 is 39.7 Å². The van der Waals surface area contributed by atoms with Crippen molar-refractivity contribution in [2.75, 3.05) is 19.0 Å². The van der Waals surface area contributed by atoms with E-state index in [-0.39, 0.29) is 23.9 Å². The molecule has 1 amide bonds. The average Bonchev–Trinajstić information content (AvgIpc) is 3.44. The van der Waals surface area contributed by atoms with Gasteiger partial charge < -0.3 is 19.2 Å². The number of rotatable bonds is 8. The Bertz CT molecular complexity index is 1930. The normalized spacial score (nSPS) is 11.2. The molecule has 0 aliphatic rings. The molecule has 0 aliphatic heterocycles. The first-order valence-corrected chi connectivity index (χ1v) is 12.8. The SMILES string of the molecule is COc1cc(C=Nn2c(-c3cc4ccccc4o3)nc3ccccc3c2=O)ccc1OCC(=O)Nc1ccccc1. The summed E-state index contributed by atoms with van der Waals surface area (Å²) in [6.45, 7) is -0.197. The fourth-order valence-corrected chi connectivity index (χ4v) is 4.35. The number of anilines is 1. The molecule has 2 aromatic heterocycles. The van der Waals surface area contributed by atoms with Crippen LogP contribution in [0.2, 0.25) is 0 Å². The number of methoxy groups -OCH3 is 1. The molecule has 2 heterocycles. The summed E-state index contributed by atoms with van der Waals surface area (Å²) in [6.07, 6.45) is 1.53. The van der Waals surface area contributed by atoms with Crippen LogP contribution in [-0.4, -0.2) is 35.5 Å². The standard InChI is InChI=1S/C32H24N4O5/c1-39-28-17-21(15-16-27(28)40-20-30(37)34-23-10-3-2-4-11-23)19-33-36-31(29-18-22-9-5-8-14-26(22)41-29)35-25-13-7-6-12-24(25)32(36)38/h2-19H,20H2,1H3,(H,34,37). The third-order valence-electron chi connectivity index (χ3n) is 6.33. The van der Waals surface area contributed by atoms with Crippen molar-refractivity contribution in [3.05, 3.63) is 119 Å². The predicted octanol–water partition coefficient (Wildman–Crippen LogP) is 5.72. The van der Waals surface area contributed by atoms with Crippen LogP contribution < -0.4 is 20.3 Å². The van der Waals surface area contributed by atoms with Gasteiger partial charge in [-0.25, -0.2) is 4.98 Å². The number of ether oxygens (including phenoxy) is 2. The summed E-state index contributed by atoms with van der Waals surface area (Å²) in [5.74, 6) is 1.19. The van der Waals surface area contributed by atoms with Crippen LogP contribution in [-0.2, 0) is 4.79 Å². The summed E-state index contributed by atoms with van der Waals surface area (Å²) in [7, 11) is 1.50. The van der Waals surface area contributed by atoms with E-state index in [1.54, 1.807) is 48.5 Å². The predicted molar refractivity (Wildman–Crippen MR) is 158 cm³/mol. The Balaban J connectivity index is 1.29. The van der Waals surface area contributed by atoms with E-state index in [1.807, 2.05) is 54.6 Å². The Hall–Kier alpha value is -5.70. The minimum Gasteiger partial charge on any atom is -0.493 e. The summed E-state index contributed by atoms with van der Waals surface area (Å²) in [5, 5.41) is 8.59. The molecule has 9 heteroatoms. The van der Waals surface area contributed by atoms with E-state index in [0.29, 0.717) is 45.0 Å². The van der Waals surface area contributed by atoms with Crippen LogP contribution in [0.5, 0.6) is 11.5 Å². The third-order valence-corrected chi connectivity index (χ3v) is 6.33. The number of hydrogen-bond donors (Lipinski definition) is 1. The van der Waals surface area contributed by atoms with Crippen molar-refractivity contribution in [2.24, 2.45) is 5.10 Å².